The van der Waals surface area contributed by atoms with Crippen molar-refractivity contribution < 1.29 is 17.9 Å². The van der Waals surface area contributed by atoms with E-state index in [4.69, 9.17) is 4.74 Å². The molecule has 0 atom stereocenters. The number of methoxy groups -OCH3 is 1. The second-order valence-electron chi connectivity index (χ2n) is 7.39. The maximum absolute atomic E-state index is 13.3. The maximum Gasteiger partial charge on any atom is 0.264 e. The van der Waals surface area contributed by atoms with Gasteiger partial charge < -0.3 is 10.1 Å². The van der Waals surface area contributed by atoms with Crippen LogP contribution < -0.4 is 14.4 Å². The molecule has 0 radical (unpaired) electrons. The molecule has 6 nitrogen and oxygen atoms in total. The third-order valence-electron chi connectivity index (χ3n) is 5.10. The summed E-state index contributed by atoms with van der Waals surface area (Å²) in [6.07, 6.45) is 0.672. The van der Waals surface area contributed by atoms with E-state index in [1.807, 2.05) is 37.3 Å². The van der Waals surface area contributed by atoms with Gasteiger partial charge in [-0.25, -0.2) is 8.42 Å². The van der Waals surface area contributed by atoms with Gasteiger partial charge in [-0.3, -0.25) is 9.10 Å². The minimum atomic E-state index is -3.80. The van der Waals surface area contributed by atoms with E-state index in [0.717, 1.165) is 16.9 Å². The van der Waals surface area contributed by atoms with Gasteiger partial charge in [-0.15, -0.1) is 0 Å². The lowest BCUT2D eigenvalue weighted by molar-refractivity contribution is -0.120. The van der Waals surface area contributed by atoms with Gasteiger partial charge in [0.1, 0.15) is 5.75 Å². The molecule has 0 bridgehead atoms. The number of ether oxygens (including phenoxy) is 1. The lowest BCUT2D eigenvalue weighted by Gasteiger charge is -2.24. The van der Waals surface area contributed by atoms with Crippen LogP contribution in [0, 0.1) is 6.92 Å². The van der Waals surface area contributed by atoms with Gasteiger partial charge in [0.05, 0.1) is 17.7 Å². The first kappa shape index (κ1) is 23.3. The molecule has 0 saturated heterocycles. The summed E-state index contributed by atoms with van der Waals surface area (Å²) in [7, 11) is -2.19. The summed E-state index contributed by atoms with van der Waals surface area (Å²) >= 11 is 0. The molecule has 0 spiro atoms. The average molecular weight is 453 g/mol. The molecule has 0 saturated carbocycles. The average Bonchev–Trinajstić information content (AvgIpc) is 2.80. The molecule has 0 heterocycles. The van der Waals surface area contributed by atoms with E-state index >= 15 is 0 Å². The normalized spacial score (nSPS) is 11.1. The lowest BCUT2D eigenvalue weighted by Crippen LogP contribution is -2.35. The number of carbonyl (C=O) groups excluding carboxylic acids is 1. The molecular weight excluding hydrogens is 424 g/mol. The van der Waals surface area contributed by atoms with Crippen LogP contribution in [-0.4, -0.2) is 34.5 Å². The van der Waals surface area contributed by atoms with Crippen LogP contribution in [0.3, 0.4) is 0 Å². The van der Waals surface area contributed by atoms with Gasteiger partial charge in [0.15, 0.2) is 0 Å². The quantitative estimate of drug-likeness (QED) is 0.505. The Balaban J connectivity index is 1.66. The number of hydrogen-bond acceptors (Lipinski definition) is 4. The third kappa shape index (κ3) is 5.88. The number of aryl methyl sites for hydroxylation is 1. The SMILES string of the molecule is COc1ccccc1CCNC(=O)CCN(c1ccccc1)S(=O)(=O)c1ccc(C)cc1. The van der Waals surface area contributed by atoms with Crippen LogP contribution in [0.15, 0.2) is 83.8 Å². The van der Waals surface area contributed by atoms with E-state index in [1.165, 1.54) is 4.31 Å². The summed E-state index contributed by atoms with van der Waals surface area (Å²) in [6.45, 7) is 2.39. The maximum atomic E-state index is 13.3. The Morgan fingerprint density at radius 1 is 0.938 bits per heavy atom. The molecule has 7 heteroatoms. The van der Waals surface area contributed by atoms with Crippen LogP contribution in [0.4, 0.5) is 5.69 Å². The van der Waals surface area contributed by atoms with Crippen LogP contribution in [0.5, 0.6) is 5.75 Å². The first-order chi connectivity index (χ1) is 15.4. The summed E-state index contributed by atoms with van der Waals surface area (Å²) in [5.41, 5.74) is 2.50. The molecule has 0 fully saturated rings. The molecule has 0 unspecified atom stereocenters. The Hall–Kier alpha value is -3.32. The third-order valence-corrected chi connectivity index (χ3v) is 6.95. The van der Waals surface area contributed by atoms with Crippen LogP contribution in [-0.2, 0) is 21.2 Å². The summed E-state index contributed by atoms with van der Waals surface area (Å²) < 4.78 is 33.2. The molecule has 0 aromatic heterocycles. The van der Waals surface area contributed by atoms with Crippen LogP contribution in [0.1, 0.15) is 17.5 Å². The number of para-hydroxylation sites is 2. The van der Waals surface area contributed by atoms with Gasteiger partial charge >= 0.3 is 0 Å². The molecule has 32 heavy (non-hydrogen) atoms. The first-order valence-electron chi connectivity index (χ1n) is 10.4. The van der Waals surface area contributed by atoms with Crippen molar-refractivity contribution in [2.45, 2.75) is 24.7 Å². The summed E-state index contributed by atoms with van der Waals surface area (Å²) in [5.74, 6) is 0.570. The molecule has 3 aromatic carbocycles. The van der Waals surface area contributed by atoms with E-state index in [1.54, 1.807) is 55.6 Å². The molecule has 3 rings (SSSR count). The van der Waals surface area contributed by atoms with Crippen LogP contribution >= 0.6 is 0 Å². The van der Waals surface area contributed by atoms with Gasteiger partial charge in [-0.1, -0.05) is 54.1 Å². The summed E-state index contributed by atoms with van der Waals surface area (Å²) in [5, 5.41) is 2.87. The fourth-order valence-electron chi connectivity index (χ4n) is 3.36. The molecule has 0 aliphatic heterocycles. The van der Waals surface area contributed by atoms with Gasteiger partial charge in [-0.05, 0) is 49.2 Å². The van der Waals surface area contributed by atoms with Crippen molar-refractivity contribution in [2.75, 3.05) is 24.5 Å². The van der Waals surface area contributed by atoms with Crippen molar-refractivity contribution in [3.05, 3.63) is 90.0 Å². The Morgan fingerprint density at radius 2 is 1.59 bits per heavy atom. The summed E-state index contributed by atoms with van der Waals surface area (Å²) in [6, 6.07) is 23.2. The van der Waals surface area contributed by atoms with Crippen LogP contribution in [0.25, 0.3) is 0 Å². The zero-order valence-corrected chi connectivity index (χ0v) is 19.1. The number of sulfonamides is 1. The largest absolute Gasteiger partial charge is 0.496 e. The second-order valence-corrected chi connectivity index (χ2v) is 9.25. The highest BCUT2D eigenvalue weighted by atomic mass is 32.2. The van der Waals surface area contributed by atoms with Crippen LogP contribution in [0.2, 0.25) is 0 Å². The molecule has 1 amide bonds. The van der Waals surface area contributed by atoms with Crippen molar-refractivity contribution in [3.8, 4) is 5.75 Å². The van der Waals surface area contributed by atoms with Crippen molar-refractivity contribution in [3.63, 3.8) is 0 Å². The van der Waals surface area contributed by atoms with Gasteiger partial charge in [0.25, 0.3) is 10.0 Å². The van der Waals surface area contributed by atoms with Gasteiger partial charge in [0, 0.05) is 19.5 Å². The number of hydrogen-bond donors (Lipinski definition) is 1. The molecule has 168 valence electrons. The predicted octanol–water partition coefficient (Wildman–Crippen LogP) is 3.95. The van der Waals surface area contributed by atoms with Gasteiger partial charge in [-0.2, -0.15) is 0 Å². The first-order valence-corrected chi connectivity index (χ1v) is 11.9. The van der Waals surface area contributed by atoms with Crippen molar-refractivity contribution in [2.24, 2.45) is 0 Å². The van der Waals surface area contributed by atoms with E-state index in [-0.39, 0.29) is 23.8 Å². The van der Waals surface area contributed by atoms with E-state index < -0.39 is 10.0 Å². The topological polar surface area (TPSA) is 75.7 Å². The monoisotopic (exact) mass is 452 g/mol. The van der Waals surface area contributed by atoms with Crippen molar-refractivity contribution >= 4 is 21.6 Å². The zero-order valence-electron chi connectivity index (χ0n) is 18.3. The molecular formula is C25H28N2O4S. The standard InChI is InChI=1S/C25H28N2O4S/c1-20-12-14-23(15-13-20)32(29,30)27(22-9-4-3-5-10-22)19-17-25(28)26-18-16-21-8-6-7-11-24(21)31-2/h3-15H,16-19H2,1-2H3,(H,26,28). The Morgan fingerprint density at radius 3 is 2.28 bits per heavy atom. The smallest absolute Gasteiger partial charge is 0.264 e. The number of anilines is 1. The molecule has 3 aromatic rings. The van der Waals surface area contributed by atoms with Gasteiger partial charge in [0.2, 0.25) is 5.91 Å². The Kier molecular flexibility index (Phi) is 7.89. The number of carbonyl (C=O) groups is 1. The Bertz CT molecular complexity index is 1130. The fourth-order valence-corrected chi connectivity index (χ4v) is 4.82. The van der Waals surface area contributed by atoms with Crippen molar-refractivity contribution in [1.82, 2.24) is 5.32 Å². The number of nitrogens with zero attached hydrogens (tertiary/aromatic N) is 1. The summed E-state index contributed by atoms with van der Waals surface area (Å²) in [4.78, 5) is 12.7. The molecule has 1 N–H and O–H groups in total. The highest BCUT2D eigenvalue weighted by molar-refractivity contribution is 7.92. The van der Waals surface area contributed by atoms with E-state index in [2.05, 4.69) is 5.32 Å². The second kappa shape index (κ2) is 10.8. The molecule has 0 aliphatic rings. The van der Waals surface area contributed by atoms with Crippen molar-refractivity contribution in [1.29, 1.82) is 0 Å². The minimum Gasteiger partial charge on any atom is -0.496 e. The zero-order chi connectivity index (χ0) is 23.0. The number of amides is 1. The number of nitrogens with one attached hydrogen (secondary N) is 1. The van der Waals surface area contributed by atoms with E-state index in [9.17, 15) is 13.2 Å². The highest BCUT2D eigenvalue weighted by Gasteiger charge is 2.25. The highest BCUT2D eigenvalue weighted by Crippen LogP contribution is 2.24. The fraction of sp³-hybridized carbons (Fsp3) is 0.240. The molecule has 0 aliphatic carbocycles. The Labute approximate surface area is 189 Å². The lowest BCUT2D eigenvalue weighted by atomic mass is 10.1. The minimum absolute atomic E-state index is 0.0424. The predicted molar refractivity (Wildman–Crippen MR) is 126 cm³/mol. The number of benzene rings is 3. The number of rotatable bonds is 10. The van der Waals surface area contributed by atoms with E-state index in [0.29, 0.717) is 18.7 Å².